The van der Waals surface area contributed by atoms with Crippen LogP contribution in [-0.4, -0.2) is 41.5 Å². The SMILES string of the molecule is CC(C)N(CC1CCC(C(N)=O)N1)C1CC1. The summed E-state index contributed by atoms with van der Waals surface area (Å²) in [4.78, 5) is 13.6. The van der Waals surface area contributed by atoms with Gasteiger partial charge in [-0.05, 0) is 39.5 Å². The quantitative estimate of drug-likeness (QED) is 0.715. The van der Waals surface area contributed by atoms with E-state index < -0.39 is 0 Å². The molecule has 2 aliphatic rings. The first-order valence-electron chi connectivity index (χ1n) is 6.39. The number of amides is 1. The molecule has 0 aromatic heterocycles. The van der Waals surface area contributed by atoms with E-state index in [0.717, 1.165) is 25.4 Å². The lowest BCUT2D eigenvalue weighted by atomic mass is 10.1. The van der Waals surface area contributed by atoms with Crippen molar-refractivity contribution in [3.63, 3.8) is 0 Å². The molecule has 0 spiro atoms. The Balaban J connectivity index is 1.83. The standard InChI is InChI=1S/C12H23N3O/c1-8(2)15(10-4-5-10)7-9-3-6-11(14-9)12(13)16/h8-11,14H,3-7H2,1-2H3,(H2,13,16). The minimum absolute atomic E-state index is 0.0989. The van der Waals surface area contributed by atoms with Crippen molar-refractivity contribution >= 4 is 5.91 Å². The fourth-order valence-electron chi connectivity index (χ4n) is 2.63. The largest absolute Gasteiger partial charge is 0.368 e. The highest BCUT2D eigenvalue weighted by molar-refractivity contribution is 5.80. The molecule has 92 valence electrons. The Morgan fingerprint density at radius 2 is 2.06 bits per heavy atom. The topological polar surface area (TPSA) is 58.4 Å². The number of carbonyl (C=O) groups is 1. The van der Waals surface area contributed by atoms with Crippen LogP contribution < -0.4 is 11.1 Å². The number of hydrogen-bond acceptors (Lipinski definition) is 3. The highest BCUT2D eigenvalue weighted by atomic mass is 16.1. The van der Waals surface area contributed by atoms with Crippen LogP contribution in [0, 0.1) is 0 Å². The van der Waals surface area contributed by atoms with E-state index in [1.54, 1.807) is 0 Å². The number of carbonyl (C=O) groups excluding carboxylic acids is 1. The molecular weight excluding hydrogens is 202 g/mol. The predicted octanol–water partition coefficient (Wildman–Crippen LogP) is 0.465. The van der Waals surface area contributed by atoms with Gasteiger partial charge in [-0.1, -0.05) is 0 Å². The van der Waals surface area contributed by atoms with Crippen molar-refractivity contribution in [3.05, 3.63) is 0 Å². The number of rotatable bonds is 5. The van der Waals surface area contributed by atoms with Crippen LogP contribution in [0.15, 0.2) is 0 Å². The zero-order chi connectivity index (χ0) is 11.7. The van der Waals surface area contributed by atoms with E-state index in [4.69, 9.17) is 5.73 Å². The maximum Gasteiger partial charge on any atom is 0.234 e. The number of hydrogen-bond donors (Lipinski definition) is 2. The van der Waals surface area contributed by atoms with Gasteiger partial charge in [-0.2, -0.15) is 0 Å². The molecule has 2 rings (SSSR count). The van der Waals surface area contributed by atoms with Crippen molar-refractivity contribution in [1.82, 2.24) is 10.2 Å². The van der Waals surface area contributed by atoms with Crippen LogP contribution in [-0.2, 0) is 4.79 Å². The van der Waals surface area contributed by atoms with Gasteiger partial charge in [0.1, 0.15) is 0 Å². The van der Waals surface area contributed by atoms with Crippen molar-refractivity contribution in [1.29, 1.82) is 0 Å². The number of nitrogens with one attached hydrogen (secondary N) is 1. The van der Waals surface area contributed by atoms with Gasteiger partial charge in [-0.15, -0.1) is 0 Å². The molecule has 0 bridgehead atoms. The number of nitrogens with zero attached hydrogens (tertiary/aromatic N) is 1. The molecule has 1 saturated heterocycles. The lowest BCUT2D eigenvalue weighted by Gasteiger charge is -2.29. The van der Waals surface area contributed by atoms with Crippen LogP contribution in [0.4, 0.5) is 0 Å². The van der Waals surface area contributed by atoms with E-state index in [-0.39, 0.29) is 11.9 Å². The van der Waals surface area contributed by atoms with Crippen LogP contribution in [0.25, 0.3) is 0 Å². The monoisotopic (exact) mass is 225 g/mol. The van der Waals surface area contributed by atoms with Crippen LogP contribution in [0.2, 0.25) is 0 Å². The summed E-state index contributed by atoms with van der Waals surface area (Å²) in [7, 11) is 0. The van der Waals surface area contributed by atoms with E-state index in [1.165, 1.54) is 12.8 Å². The third-order valence-electron chi connectivity index (χ3n) is 3.69. The van der Waals surface area contributed by atoms with Crippen molar-refractivity contribution in [2.24, 2.45) is 5.73 Å². The molecular formula is C12H23N3O. The van der Waals surface area contributed by atoms with E-state index in [1.807, 2.05) is 0 Å². The summed E-state index contributed by atoms with van der Waals surface area (Å²) >= 11 is 0. The summed E-state index contributed by atoms with van der Waals surface area (Å²) in [5, 5.41) is 3.34. The van der Waals surface area contributed by atoms with Crippen molar-refractivity contribution < 1.29 is 4.79 Å². The Morgan fingerprint density at radius 1 is 1.38 bits per heavy atom. The minimum atomic E-state index is -0.204. The van der Waals surface area contributed by atoms with Crippen LogP contribution in [0.3, 0.4) is 0 Å². The number of primary amides is 1. The van der Waals surface area contributed by atoms with Gasteiger partial charge in [-0.25, -0.2) is 0 Å². The van der Waals surface area contributed by atoms with E-state index in [2.05, 4.69) is 24.1 Å². The van der Waals surface area contributed by atoms with Gasteiger partial charge in [0.2, 0.25) is 5.91 Å². The third kappa shape index (κ3) is 2.74. The second-order valence-electron chi connectivity index (χ2n) is 5.42. The Labute approximate surface area is 97.6 Å². The Morgan fingerprint density at radius 3 is 2.50 bits per heavy atom. The Hall–Kier alpha value is -0.610. The summed E-state index contributed by atoms with van der Waals surface area (Å²) in [6, 6.07) is 1.73. The van der Waals surface area contributed by atoms with E-state index >= 15 is 0 Å². The smallest absolute Gasteiger partial charge is 0.234 e. The summed E-state index contributed by atoms with van der Waals surface area (Å²) in [5.74, 6) is -0.204. The van der Waals surface area contributed by atoms with Crippen molar-refractivity contribution in [2.75, 3.05) is 6.54 Å². The van der Waals surface area contributed by atoms with Crippen molar-refractivity contribution in [2.45, 2.75) is 63.7 Å². The molecule has 0 aromatic carbocycles. The average Bonchev–Trinajstić information content (AvgIpc) is 2.92. The third-order valence-corrected chi connectivity index (χ3v) is 3.69. The normalized spacial score (nSPS) is 30.2. The first-order chi connectivity index (χ1) is 7.58. The molecule has 1 aliphatic carbocycles. The van der Waals surface area contributed by atoms with Gasteiger partial charge in [0.05, 0.1) is 6.04 Å². The first kappa shape index (κ1) is 11.9. The second-order valence-corrected chi connectivity index (χ2v) is 5.42. The molecule has 3 N–H and O–H groups in total. The molecule has 1 saturated carbocycles. The Kier molecular flexibility index (Phi) is 3.50. The molecule has 16 heavy (non-hydrogen) atoms. The maximum absolute atomic E-state index is 11.1. The highest BCUT2D eigenvalue weighted by Crippen LogP contribution is 2.29. The van der Waals surface area contributed by atoms with Gasteiger partial charge < -0.3 is 11.1 Å². The van der Waals surface area contributed by atoms with Gasteiger partial charge in [0.15, 0.2) is 0 Å². The molecule has 0 radical (unpaired) electrons. The molecule has 1 aliphatic heterocycles. The molecule has 4 nitrogen and oxygen atoms in total. The summed E-state index contributed by atoms with van der Waals surface area (Å²) in [6.45, 7) is 5.56. The lowest BCUT2D eigenvalue weighted by Crippen LogP contribution is -2.46. The van der Waals surface area contributed by atoms with Gasteiger partial charge in [0, 0.05) is 24.7 Å². The summed E-state index contributed by atoms with van der Waals surface area (Å²) in [5.41, 5.74) is 5.31. The minimum Gasteiger partial charge on any atom is -0.368 e. The molecule has 2 atom stereocenters. The second kappa shape index (κ2) is 4.72. The number of nitrogens with two attached hydrogens (primary N) is 1. The van der Waals surface area contributed by atoms with Crippen LogP contribution in [0.1, 0.15) is 39.5 Å². The zero-order valence-electron chi connectivity index (χ0n) is 10.3. The average molecular weight is 225 g/mol. The highest BCUT2D eigenvalue weighted by Gasteiger charge is 2.35. The fraction of sp³-hybridized carbons (Fsp3) is 0.917. The van der Waals surface area contributed by atoms with Gasteiger partial charge in [0.25, 0.3) is 0 Å². The molecule has 1 amide bonds. The Bertz CT molecular complexity index is 261. The summed E-state index contributed by atoms with van der Waals surface area (Å²) in [6.07, 6.45) is 4.65. The van der Waals surface area contributed by atoms with Crippen LogP contribution in [0.5, 0.6) is 0 Å². The van der Waals surface area contributed by atoms with Crippen LogP contribution >= 0.6 is 0 Å². The van der Waals surface area contributed by atoms with E-state index in [9.17, 15) is 4.79 Å². The van der Waals surface area contributed by atoms with Gasteiger partial charge in [-0.3, -0.25) is 9.69 Å². The molecule has 4 heteroatoms. The van der Waals surface area contributed by atoms with Gasteiger partial charge >= 0.3 is 0 Å². The molecule has 0 aromatic rings. The zero-order valence-corrected chi connectivity index (χ0v) is 10.3. The fourth-order valence-corrected chi connectivity index (χ4v) is 2.63. The summed E-state index contributed by atoms with van der Waals surface area (Å²) < 4.78 is 0. The lowest BCUT2D eigenvalue weighted by molar-refractivity contribution is -0.119. The first-order valence-corrected chi connectivity index (χ1v) is 6.39. The van der Waals surface area contributed by atoms with Crippen molar-refractivity contribution in [3.8, 4) is 0 Å². The maximum atomic E-state index is 11.1. The van der Waals surface area contributed by atoms with E-state index in [0.29, 0.717) is 12.1 Å². The molecule has 2 fully saturated rings. The predicted molar refractivity (Wildman–Crippen MR) is 64.0 cm³/mol. The molecule has 1 heterocycles. The molecule has 2 unspecified atom stereocenters.